The second-order valence-corrected chi connectivity index (χ2v) is 6.03. The van der Waals surface area contributed by atoms with E-state index in [2.05, 4.69) is 5.32 Å². The first-order chi connectivity index (χ1) is 10.9. The highest BCUT2D eigenvalue weighted by Crippen LogP contribution is 2.17. The molecule has 0 unspecified atom stereocenters. The molecule has 1 heterocycles. The minimum Gasteiger partial charge on any atom is -0.326 e. The number of anilines is 1. The van der Waals surface area contributed by atoms with Gasteiger partial charge in [0.05, 0.1) is 0 Å². The third-order valence-corrected chi connectivity index (χ3v) is 3.79. The number of hydrogen-bond acceptors (Lipinski definition) is 3. The SMILES string of the molecule is CCN(C(=O)CN1C(=O)N[C@H](CC(C)C)C1=O)c1ccccc1. The van der Waals surface area contributed by atoms with Gasteiger partial charge in [-0.05, 0) is 31.4 Å². The standard InChI is InChI=1S/C17H23N3O3/c1-4-19(13-8-6-5-7-9-13)15(21)11-20-16(22)14(10-12(2)3)18-17(20)23/h5-9,12,14H,4,10-11H2,1-3H3,(H,18,23)/t14-/m1/s1. The monoisotopic (exact) mass is 317 g/mol. The Balaban J connectivity index is 2.07. The maximum atomic E-state index is 12.5. The van der Waals surface area contributed by atoms with Crippen LogP contribution in [0, 0.1) is 5.92 Å². The van der Waals surface area contributed by atoms with E-state index in [1.807, 2.05) is 51.1 Å². The van der Waals surface area contributed by atoms with Gasteiger partial charge in [0, 0.05) is 12.2 Å². The summed E-state index contributed by atoms with van der Waals surface area (Å²) >= 11 is 0. The molecule has 23 heavy (non-hydrogen) atoms. The number of likely N-dealkylation sites (N-methyl/N-ethyl adjacent to an activating group) is 1. The van der Waals surface area contributed by atoms with Gasteiger partial charge in [-0.25, -0.2) is 4.79 Å². The quantitative estimate of drug-likeness (QED) is 0.816. The lowest BCUT2D eigenvalue weighted by Gasteiger charge is -2.23. The van der Waals surface area contributed by atoms with Crippen molar-refractivity contribution < 1.29 is 14.4 Å². The Morgan fingerprint density at radius 3 is 2.48 bits per heavy atom. The summed E-state index contributed by atoms with van der Waals surface area (Å²) < 4.78 is 0. The number of urea groups is 1. The van der Waals surface area contributed by atoms with E-state index in [1.165, 1.54) is 0 Å². The number of amides is 4. The molecule has 6 nitrogen and oxygen atoms in total. The zero-order valence-corrected chi connectivity index (χ0v) is 13.8. The van der Waals surface area contributed by atoms with Crippen molar-refractivity contribution in [2.45, 2.75) is 33.2 Å². The number of rotatable bonds is 6. The van der Waals surface area contributed by atoms with E-state index in [9.17, 15) is 14.4 Å². The molecule has 2 rings (SSSR count). The fraction of sp³-hybridized carbons (Fsp3) is 0.471. The number of nitrogens with zero attached hydrogens (tertiary/aromatic N) is 2. The smallest absolute Gasteiger partial charge is 0.325 e. The molecule has 1 saturated heterocycles. The van der Waals surface area contributed by atoms with Crippen LogP contribution in [-0.2, 0) is 9.59 Å². The van der Waals surface area contributed by atoms with Crippen LogP contribution in [-0.4, -0.2) is 41.9 Å². The number of imide groups is 1. The predicted molar refractivity (Wildman–Crippen MR) is 88.0 cm³/mol. The topological polar surface area (TPSA) is 69.7 Å². The van der Waals surface area contributed by atoms with Crippen LogP contribution >= 0.6 is 0 Å². The van der Waals surface area contributed by atoms with Crippen molar-refractivity contribution in [1.82, 2.24) is 10.2 Å². The van der Waals surface area contributed by atoms with Crippen LogP contribution in [0.1, 0.15) is 27.2 Å². The van der Waals surface area contributed by atoms with Crippen LogP contribution in [0.15, 0.2) is 30.3 Å². The molecule has 0 bridgehead atoms. The first kappa shape index (κ1) is 17.0. The van der Waals surface area contributed by atoms with E-state index in [1.54, 1.807) is 4.90 Å². The van der Waals surface area contributed by atoms with Crippen LogP contribution in [0.5, 0.6) is 0 Å². The van der Waals surface area contributed by atoms with Crippen LogP contribution in [0.2, 0.25) is 0 Å². The highest BCUT2D eigenvalue weighted by atomic mass is 16.2. The van der Waals surface area contributed by atoms with E-state index >= 15 is 0 Å². The molecule has 0 spiro atoms. The third-order valence-electron chi connectivity index (χ3n) is 3.79. The molecule has 6 heteroatoms. The Kier molecular flexibility index (Phi) is 5.36. The summed E-state index contributed by atoms with van der Waals surface area (Å²) in [6, 6.07) is 8.20. The van der Waals surface area contributed by atoms with Crippen LogP contribution in [0.4, 0.5) is 10.5 Å². The number of para-hydroxylation sites is 1. The highest BCUT2D eigenvalue weighted by molar-refractivity contribution is 6.08. The Labute approximate surface area is 136 Å². The molecule has 1 aliphatic heterocycles. The van der Waals surface area contributed by atoms with Crippen LogP contribution in [0.25, 0.3) is 0 Å². The molecule has 124 valence electrons. The van der Waals surface area contributed by atoms with E-state index < -0.39 is 12.1 Å². The van der Waals surface area contributed by atoms with E-state index in [4.69, 9.17) is 0 Å². The summed E-state index contributed by atoms with van der Waals surface area (Å²) in [7, 11) is 0. The summed E-state index contributed by atoms with van der Waals surface area (Å²) in [5.74, 6) is -0.301. The maximum absolute atomic E-state index is 12.5. The first-order valence-corrected chi connectivity index (χ1v) is 7.91. The van der Waals surface area contributed by atoms with Crippen molar-refractivity contribution in [3.63, 3.8) is 0 Å². The summed E-state index contributed by atoms with van der Waals surface area (Å²) in [5.41, 5.74) is 0.755. The lowest BCUT2D eigenvalue weighted by molar-refractivity contribution is -0.131. The van der Waals surface area contributed by atoms with Crippen LogP contribution in [0.3, 0.4) is 0 Å². The van der Waals surface area contributed by atoms with Gasteiger partial charge in [0.1, 0.15) is 12.6 Å². The maximum Gasteiger partial charge on any atom is 0.325 e. The molecular formula is C17H23N3O3. The van der Waals surface area contributed by atoms with Gasteiger partial charge in [-0.15, -0.1) is 0 Å². The van der Waals surface area contributed by atoms with E-state index in [0.717, 1.165) is 10.6 Å². The highest BCUT2D eigenvalue weighted by Gasteiger charge is 2.39. The summed E-state index contributed by atoms with van der Waals surface area (Å²) in [5, 5.41) is 2.65. The van der Waals surface area contributed by atoms with Gasteiger partial charge in [0.2, 0.25) is 5.91 Å². The lowest BCUT2D eigenvalue weighted by atomic mass is 10.0. The zero-order valence-electron chi connectivity index (χ0n) is 13.8. The molecule has 1 fully saturated rings. The average molecular weight is 317 g/mol. The van der Waals surface area contributed by atoms with Crippen molar-refractivity contribution in [3.8, 4) is 0 Å². The number of nitrogens with one attached hydrogen (secondary N) is 1. The van der Waals surface area contributed by atoms with Crippen molar-refractivity contribution in [2.24, 2.45) is 5.92 Å². The fourth-order valence-electron chi connectivity index (χ4n) is 2.69. The average Bonchev–Trinajstić information content (AvgIpc) is 2.76. The minimum atomic E-state index is -0.526. The molecule has 0 radical (unpaired) electrons. The molecule has 1 N–H and O–H groups in total. The second kappa shape index (κ2) is 7.26. The first-order valence-electron chi connectivity index (χ1n) is 7.91. The van der Waals surface area contributed by atoms with Gasteiger partial charge in [-0.1, -0.05) is 32.0 Å². The molecule has 4 amide bonds. The molecule has 0 aliphatic carbocycles. The molecule has 0 aromatic heterocycles. The van der Waals surface area contributed by atoms with Crippen molar-refractivity contribution in [2.75, 3.05) is 18.0 Å². The second-order valence-electron chi connectivity index (χ2n) is 6.03. The molecule has 1 aromatic carbocycles. The molecule has 1 atom stereocenters. The van der Waals surface area contributed by atoms with Crippen LogP contribution < -0.4 is 10.2 Å². The fourth-order valence-corrected chi connectivity index (χ4v) is 2.69. The van der Waals surface area contributed by atoms with Gasteiger partial charge in [-0.2, -0.15) is 0 Å². The summed E-state index contributed by atoms with van der Waals surface area (Å²) in [6.45, 7) is 6.07. The third kappa shape index (κ3) is 3.88. The molecule has 1 aliphatic rings. The van der Waals surface area contributed by atoms with Gasteiger partial charge in [-0.3, -0.25) is 14.5 Å². The zero-order chi connectivity index (χ0) is 17.0. The number of carbonyl (C=O) groups is 3. The van der Waals surface area contributed by atoms with E-state index in [-0.39, 0.29) is 24.3 Å². The van der Waals surface area contributed by atoms with E-state index in [0.29, 0.717) is 13.0 Å². The Morgan fingerprint density at radius 1 is 1.26 bits per heavy atom. The van der Waals surface area contributed by atoms with Crippen molar-refractivity contribution in [3.05, 3.63) is 30.3 Å². The Morgan fingerprint density at radius 2 is 1.91 bits per heavy atom. The van der Waals surface area contributed by atoms with Gasteiger partial charge in [0.25, 0.3) is 5.91 Å². The summed E-state index contributed by atoms with van der Waals surface area (Å²) in [4.78, 5) is 39.4. The Hall–Kier alpha value is -2.37. The number of carbonyl (C=O) groups excluding carboxylic acids is 3. The number of benzene rings is 1. The van der Waals surface area contributed by atoms with Gasteiger partial charge >= 0.3 is 6.03 Å². The van der Waals surface area contributed by atoms with Crippen molar-refractivity contribution >= 4 is 23.5 Å². The van der Waals surface area contributed by atoms with Crippen molar-refractivity contribution in [1.29, 1.82) is 0 Å². The molecule has 0 saturated carbocycles. The van der Waals surface area contributed by atoms with Gasteiger partial charge in [0.15, 0.2) is 0 Å². The summed E-state index contributed by atoms with van der Waals surface area (Å²) in [6.07, 6.45) is 0.575. The molecular weight excluding hydrogens is 294 g/mol. The van der Waals surface area contributed by atoms with Gasteiger partial charge < -0.3 is 10.2 Å². The lowest BCUT2D eigenvalue weighted by Crippen LogP contribution is -2.43. The largest absolute Gasteiger partial charge is 0.326 e. The number of hydrogen-bond donors (Lipinski definition) is 1. The molecule has 1 aromatic rings. The Bertz CT molecular complexity index is 586. The predicted octanol–water partition coefficient (Wildman–Crippen LogP) is 2.01. The minimum absolute atomic E-state index is 0.234. The normalized spacial score (nSPS) is 17.6.